The Bertz CT molecular complexity index is 491. The fourth-order valence-corrected chi connectivity index (χ4v) is 4.81. The number of hydrogen-bond acceptors (Lipinski definition) is 3. The minimum atomic E-state index is -0.371. The SMILES string of the molecule is CCOC1=C2[C@H]([C@H]3O[C@@H]2C/C(C)=C/CC[C@@H]3O)[C@@H](C(C)C)CC1. The molecule has 3 aliphatic rings. The summed E-state index contributed by atoms with van der Waals surface area (Å²) in [6.45, 7) is 9.58. The number of allylic oxidation sites excluding steroid dienone is 2. The van der Waals surface area contributed by atoms with Crippen LogP contribution in [-0.2, 0) is 9.47 Å². The van der Waals surface area contributed by atoms with Crippen molar-refractivity contribution in [3.63, 3.8) is 0 Å². The van der Waals surface area contributed by atoms with Crippen LogP contribution < -0.4 is 0 Å². The van der Waals surface area contributed by atoms with Crippen LogP contribution in [0, 0.1) is 17.8 Å². The molecule has 0 aromatic heterocycles. The van der Waals surface area contributed by atoms with Crippen molar-refractivity contribution < 1.29 is 14.6 Å². The van der Waals surface area contributed by atoms with Crippen molar-refractivity contribution in [3.05, 3.63) is 23.0 Å². The summed E-state index contributed by atoms with van der Waals surface area (Å²) >= 11 is 0. The molecule has 1 aliphatic carbocycles. The molecule has 1 saturated heterocycles. The quantitative estimate of drug-likeness (QED) is 0.791. The highest BCUT2D eigenvalue weighted by Gasteiger charge is 2.50. The van der Waals surface area contributed by atoms with E-state index in [-0.39, 0.29) is 18.3 Å². The van der Waals surface area contributed by atoms with E-state index < -0.39 is 0 Å². The predicted octanol–water partition coefficient (Wildman–Crippen LogP) is 4.22. The van der Waals surface area contributed by atoms with Gasteiger partial charge >= 0.3 is 0 Å². The number of aliphatic hydroxyl groups excluding tert-OH is 1. The van der Waals surface area contributed by atoms with Crippen molar-refractivity contribution in [3.8, 4) is 0 Å². The lowest BCUT2D eigenvalue weighted by Gasteiger charge is -2.37. The largest absolute Gasteiger partial charge is 0.498 e. The molecule has 3 rings (SSSR count). The Kier molecular flexibility index (Phi) is 5.17. The first kappa shape index (κ1) is 17.0. The zero-order valence-electron chi connectivity index (χ0n) is 15.0. The number of fused-ring (bicyclic) bond motifs is 5. The molecular formula is C20H32O3. The van der Waals surface area contributed by atoms with Gasteiger partial charge in [0.1, 0.15) is 0 Å². The van der Waals surface area contributed by atoms with Crippen molar-refractivity contribution in [2.24, 2.45) is 17.8 Å². The smallest absolute Gasteiger partial charge is 0.0981 e. The summed E-state index contributed by atoms with van der Waals surface area (Å²) in [7, 11) is 0. The van der Waals surface area contributed by atoms with Crippen LogP contribution in [0.5, 0.6) is 0 Å². The normalized spacial score (nSPS) is 40.1. The maximum absolute atomic E-state index is 10.7. The second-order valence-corrected chi connectivity index (χ2v) is 7.77. The monoisotopic (exact) mass is 320 g/mol. The molecule has 5 atom stereocenters. The van der Waals surface area contributed by atoms with E-state index in [9.17, 15) is 5.11 Å². The molecule has 0 saturated carbocycles. The van der Waals surface area contributed by atoms with Crippen LogP contribution in [0.15, 0.2) is 23.0 Å². The Labute approximate surface area is 140 Å². The molecule has 23 heavy (non-hydrogen) atoms. The molecule has 0 unspecified atom stereocenters. The lowest BCUT2D eigenvalue weighted by Crippen LogP contribution is -2.38. The number of hydrogen-bond donors (Lipinski definition) is 1. The van der Waals surface area contributed by atoms with Gasteiger partial charge in [-0.3, -0.25) is 0 Å². The Morgan fingerprint density at radius 1 is 1.35 bits per heavy atom. The van der Waals surface area contributed by atoms with E-state index in [4.69, 9.17) is 9.47 Å². The van der Waals surface area contributed by atoms with Crippen LogP contribution >= 0.6 is 0 Å². The standard InChI is InChI=1S/C20H32O3/c1-5-22-16-10-9-14(12(2)3)18-19(16)17-11-13(4)7-6-8-15(21)20(18)23-17/h7,12,14-15,17-18,20-21H,5-6,8-11H2,1-4H3/b13-7+/t14-,15+,17-,18-,20+/m1/s1. The van der Waals surface area contributed by atoms with Crippen molar-refractivity contribution in [2.75, 3.05) is 6.61 Å². The van der Waals surface area contributed by atoms with Crippen LogP contribution in [0.1, 0.15) is 59.8 Å². The summed E-state index contributed by atoms with van der Waals surface area (Å²) in [5, 5.41) is 10.7. The third-order valence-corrected chi connectivity index (χ3v) is 5.89. The summed E-state index contributed by atoms with van der Waals surface area (Å²) in [4.78, 5) is 0. The summed E-state index contributed by atoms with van der Waals surface area (Å²) in [6, 6.07) is 0. The van der Waals surface area contributed by atoms with E-state index in [1.807, 2.05) is 0 Å². The van der Waals surface area contributed by atoms with Gasteiger partial charge in [-0.25, -0.2) is 0 Å². The molecular weight excluding hydrogens is 288 g/mol. The van der Waals surface area contributed by atoms with E-state index in [1.165, 1.54) is 11.1 Å². The fourth-order valence-electron chi connectivity index (χ4n) is 4.81. The highest BCUT2D eigenvalue weighted by atomic mass is 16.5. The summed E-state index contributed by atoms with van der Waals surface area (Å²) < 4.78 is 12.5. The molecule has 1 N–H and O–H groups in total. The first-order chi connectivity index (χ1) is 11.0. The van der Waals surface area contributed by atoms with Crippen molar-refractivity contribution in [2.45, 2.75) is 78.1 Å². The van der Waals surface area contributed by atoms with Crippen LogP contribution in [-0.4, -0.2) is 30.0 Å². The van der Waals surface area contributed by atoms with Crippen LogP contribution in [0.4, 0.5) is 0 Å². The van der Waals surface area contributed by atoms with E-state index in [1.54, 1.807) is 0 Å². The zero-order valence-corrected chi connectivity index (χ0v) is 15.0. The molecule has 0 aromatic carbocycles. The zero-order chi connectivity index (χ0) is 16.6. The van der Waals surface area contributed by atoms with Gasteiger partial charge in [0.25, 0.3) is 0 Å². The summed E-state index contributed by atoms with van der Waals surface area (Å²) in [6.07, 6.45) is 6.80. The van der Waals surface area contributed by atoms with Crippen LogP contribution in [0.2, 0.25) is 0 Å². The van der Waals surface area contributed by atoms with Crippen molar-refractivity contribution in [1.82, 2.24) is 0 Å². The molecule has 2 bridgehead atoms. The topological polar surface area (TPSA) is 38.7 Å². The summed E-state index contributed by atoms with van der Waals surface area (Å²) in [5.74, 6) is 2.68. The number of rotatable bonds is 3. The van der Waals surface area contributed by atoms with Gasteiger partial charge in [0.15, 0.2) is 0 Å². The molecule has 3 heteroatoms. The first-order valence-electron chi connectivity index (χ1n) is 9.37. The second-order valence-electron chi connectivity index (χ2n) is 7.77. The van der Waals surface area contributed by atoms with Crippen molar-refractivity contribution in [1.29, 1.82) is 0 Å². The van der Waals surface area contributed by atoms with E-state index in [0.29, 0.717) is 24.4 Å². The minimum Gasteiger partial charge on any atom is -0.498 e. The molecule has 130 valence electrons. The summed E-state index contributed by atoms with van der Waals surface area (Å²) in [5.41, 5.74) is 2.74. The Morgan fingerprint density at radius 2 is 2.13 bits per heavy atom. The molecule has 0 radical (unpaired) electrons. The maximum atomic E-state index is 10.7. The lowest BCUT2D eigenvalue weighted by molar-refractivity contribution is -0.0581. The third-order valence-electron chi connectivity index (χ3n) is 5.89. The molecule has 2 heterocycles. The minimum absolute atomic E-state index is 0.0579. The number of ether oxygens (including phenoxy) is 2. The highest BCUT2D eigenvalue weighted by molar-refractivity contribution is 5.29. The van der Waals surface area contributed by atoms with Gasteiger partial charge in [-0.05, 0) is 51.4 Å². The van der Waals surface area contributed by atoms with Crippen LogP contribution in [0.25, 0.3) is 0 Å². The van der Waals surface area contributed by atoms with Gasteiger partial charge < -0.3 is 14.6 Å². The van der Waals surface area contributed by atoms with Gasteiger partial charge in [0.05, 0.1) is 30.7 Å². The highest BCUT2D eigenvalue weighted by Crippen LogP contribution is 2.50. The first-order valence-corrected chi connectivity index (χ1v) is 9.37. The molecule has 0 aromatic rings. The molecule has 1 fully saturated rings. The van der Waals surface area contributed by atoms with Crippen molar-refractivity contribution >= 4 is 0 Å². The third kappa shape index (κ3) is 3.23. The Balaban J connectivity index is 2.03. The van der Waals surface area contributed by atoms with E-state index >= 15 is 0 Å². The number of aliphatic hydroxyl groups is 1. The predicted molar refractivity (Wildman–Crippen MR) is 92.0 cm³/mol. The van der Waals surface area contributed by atoms with E-state index in [0.717, 1.165) is 37.9 Å². The van der Waals surface area contributed by atoms with Gasteiger partial charge in [-0.15, -0.1) is 0 Å². The molecule has 0 spiro atoms. The Morgan fingerprint density at radius 3 is 2.83 bits per heavy atom. The fraction of sp³-hybridized carbons (Fsp3) is 0.800. The van der Waals surface area contributed by atoms with Crippen LogP contribution in [0.3, 0.4) is 0 Å². The molecule has 2 aliphatic heterocycles. The molecule has 3 nitrogen and oxygen atoms in total. The average Bonchev–Trinajstić information content (AvgIpc) is 2.89. The van der Waals surface area contributed by atoms with Gasteiger partial charge in [0.2, 0.25) is 0 Å². The lowest BCUT2D eigenvalue weighted by atomic mass is 9.68. The van der Waals surface area contributed by atoms with Gasteiger partial charge in [-0.1, -0.05) is 25.5 Å². The maximum Gasteiger partial charge on any atom is 0.0981 e. The van der Waals surface area contributed by atoms with Gasteiger partial charge in [0, 0.05) is 17.9 Å². The average molecular weight is 320 g/mol. The van der Waals surface area contributed by atoms with E-state index in [2.05, 4.69) is 33.8 Å². The van der Waals surface area contributed by atoms with Gasteiger partial charge in [-0.2, -0.15) is 0 Å². The second kappa shape index (κ2) is 6.98. The Hall–Kier alpha value is -0.800. The molecule has 0 amide bonds.